The molecule has 1 aliphatic rings. The number of amidine groups is 1. The molecule has 1 unspecified atom stereocenters. The lowest BCUT2D eigenvalue weighted by atomic mass is 10.1. The number of nitrogens with two attached hydrogens (primary N) is 1. The van der Waals surface area contributed by atoms with Crippen LogP contribution in [-0.2, 0) is 0 Å². The predicted octanol–water partition coefficient (Wildman–Crippen LogP) is 2.10. The second kappa shape index (κ2) is 4.31. The molecule has 1 aromatic rings. The molecule has 1 atom stereocenters. The summed E-state index contributed by atoms with van der Waals surface area (Å²) in [6, 6.07) is 2.23. The minimum Gasteiger partial charge on any atom is -0.384 e. The van der Waals surface area contributed by atoms with Gasteiger partial charge in [0, 0.05) is 18.7 Å². The first-order valence-electron chi connectivity index (χ1n) is 5.57. The number of nitrogens with one attached hydrogen (secondary N) is 1. The summed E-state index contributed by atoms with van der Waals surface area (Å²) < 4.78 is 27.6. The van der Waals surface area contributed by atoms with Crippen LogP contribution in [0, 0.1) is 23.0 Å². The largest absolute Gasteiger partial charge is 0.384 e. The first-order valence-corrected chi connectivity index (χ1v) is 5.57. The molecule has 0 saturated carbocycles. The van der Waals surface area contributed by atoms with E-state index >= 15 is 0 Å². The number of halogens is 2. The van der Waals surface area contributed by atoms with Crippen LogP contribution in [0.1, 0.15) is 18.9 Å². The SMILES string of the molecule is CC1CCN(c2c(F)cc(C(=N)N)cc2F)C1. The maximum atomic E-state index is 13.8. The zero-order valence-corrected chi connectivity index (χ0v) is 9.63. The average molecular weight is 239 g/mol. The number of hydrogen-bond acceptors (Lipinski definition) is 2. The fourth-order valence-corrected chi connectivity index (χ4v) is 2.16. The van der Waals surface area contributed by atoms with Crippen LogP contribution in [0.4, 0.5) is 14.5 Å². The molecule has 1 aliphatic heterocycles. The lowest BCUT2D eigenvalue weighted by Crippen LogP contribution is -2.22. The van der Waals surface area contributed by atoms with E-state index < -0.39 is 11.6 Å². The minimum absolute atomic E-state index is 0.000602. The van der Waals surface area contributed by atoms with Gasteiger partial charge in [-0.2, -0.15) is 0 Å². The van der Waals surface area contributed by atoms with Crippen molar-refractivity contribution in [2.75, 3.05) is 18.0 Å². The normalized spacial score (nSPS) is 19.7. The Kier molecular flexibility index (Phi) is 3.00. The summed E-state index contributed by atoms with van der Waals surface area (Å²) >= 11 is 0. The fraction of sp³-hybridized carbons (Fsp3) is 0.417. The van der Waals surface area contributed by atoms with Crippen molar-refractivity contribution >= 4 is 11.5 Å². The van der Waals surface area contributed by atoms with Gasteiger partial charge in [0.2, 0.25) is 0 Å². The van der Waals surface area contributed by atoms with Gasteiger partial charge in [-0.3, -0.25) is 5.41 Å². The van der Waals surface area contributed by atoms with Crippen molar-refractivity contribution < 1.29 is 8.78 Å². The third-order valence-electron chi connectivity index (χ3n) is 3.07. The van der Waals surface area contributed by atoms with Crippen molar-refractivity contribution in [2.24, 2.45) is 11.7 Å². The smallest absolute Gasteiger partial charge is 0.150 e. The molecule has 92 valence electrons. The molecule has 2 rings (SSSR count). The topological polar surface area (TPSA) is 53.1 Å². The highest BCUT2D eigenvalue weighted by Gasteiger charge is 2.24. The van der Waals surface area contributed by atoms with E-state index in [1.165, 1.54) is 0 Å². The molecule has 1 fully saturated rings. The van der Waals surface area contributed by atoms with Gasteiger partial charge in [-0.05, 0) is 24.5 Å². The Labute approximate surface area is 98.7 Å². The van der Waals surface area contributed by atoms with Crippen molar-refractivity contribution in [1.29, 1.82) is 5.41 Å². The highest BCUT2D eigenvalue weighted by Crippen LogP contribution is 2.29. The van der Waals surface area contributed by atoms with Crippen LogP contribution in [0.25, 0.3) is 0 Å². The maximum Gasteiger partial charge on any atom is 0.150 e. The first kappa shape index (κ1) is 11.8. The fourth-order valence-electron chi connectivity index (χ4n) is 2.16. The molecule has 0 amide bonds. The predicted molar refractivity (Wildman–Crippen MR) is 63.4 cm³/mol. The third kappa shape index (κ3) is 2.23. The van der Waals surface area contributed by atoms with Gasteiger partial charge in [0.1, 0.15) is 23.2 Å². The van der Waals surface area contributed by atoms with Crippen molar-refractivity contribution in [2.45, 2.75) is 13.3 Å². The van der Waals surface area contributed by atoms with E-state index in [2.05, 4.69) is 6.92 Å². The van der Waals surface area contributed by atoms with Gasteiger partial charge in [0.05, 0.1) is 0 Å². The minimum atomic E-state index is -0.649. The molecular formula is C12H15F2N3. The summed E-state index contributed by atoms with van der Waals surface area (Å²) in [5.41, 5.74) is 5.29. The highest BCUT2D eigenvalue weighted by atomic mass is 19.1. The molecule has 0 spiro atoms. The van der Waals surface area contributed by atoms with Crippen molar-refractivity contribution in [3.05, 3.63) is 29.3 Å². The Balaban J connectivity index is 2.38. The van der Waals surface area contributed by atoms with E-state index in [0.29, 0.717) is 19.0 Å². The van der Waals surface area contributed by atoms with Gasteiger partial charge in [-0.1, -0.05) is 6.92 Å². The number of benzene rings is 1. The van der Waals surface area contributed by atoms with Gasteiger partial charge >= 0.3 is 0 Å². The number of nitrogen functional groups attached to an aromatic ring is 1. The standard InChI is InChI=1S/C12H15F2N3/c1-7-2-3-17(6-7)11-9(13)4-8(12(15)16)5-10(11)14/h4-5,7H,2-3,6H2,1H3,(H3,15,16). The molecule has 0 bridgehead atoms. The van der Waals surface area contributed by atoms with Crippen molar-refractivity contribution in [3.8, 4) is 0 Å². The van der Waals surface area contributed by atoms with Gasteiger partial charge in [0.15, 0.2) is 0 Å². The molecule has 5 heteroatoms. The Hall–Kier alpha value is -1.65. The van der Waals surface area contributed by atoms with Crippen LogP contribution in [0.5, 0.6) is 0 Å². The van der Waals surface area contributed by atoms with E-state index in [9.17, 15) is 8.78 Å². The second-order valence-electron chi connectivity index (χ2n) is 4.54. The van der Waals surface area contributed by atoms with E-state index in [-0.39, 0.29) is 17.1 Å². The first-order chi connectivity index (χ1) is 7.99. The Morgan fingerprint density at radius 2 is 2.00 bits per heavy atom. The average Bonchev–Trinajstić information content (AvgIpc) is 2.63. The number of anilines is 1. The van der Waals surface area contributed by atoms with Gasteiger partial charge < -0.3 is 10.6 Å². The van der Waals surface area contributed by atoms with Crippen LogP contribution in [-0.4, -0.2) is 18.9 Å². The maximum absolute atomic E-state index is 13.8. The summed E-state index contributed by atoms with van der Waals surface area (Å²) in [5.74, 6) is -1.18. The number of hydrogen-bond donors (Lipinski definition) is 2. The van der Waals surface area contributed by atoms with Gasteiger partial charge in [0.25, 0.3) is 0 Å². The molecule has 3 nitrogen and oxygen atoms in total. The molecule has 17 heavy (non-hydrogen) atoms. The van der Waals surface area contributed by atoms with Gasteiger partial charge in [-0.15, -0.1) is 0 Å². The Morgan fingerprint density at radius 1 is 1.41 bits per heavy atom. The molecule has 3 N–H and O–H groups in total. The molecule has 0 radical (unpaired) electrons. The summed E-state index contributed by atoms with van der Waals surface area (Å²) in [6.07, 6.45) is 0.938. The molecule has 0 aliphatic carbocycles. The molecule has 1 aromatic carbocycles. The summed E-state index contributed by atoms with van der Waals surface area (Å²) in [7, 11) is 0. The van der Waals surface area contributed by atoms with E-state index in [4.69, 9.17) is 11.1 Å². The highest BCUT2D eigenvalue weighted by molar-refractivity contribution is 5.95. The van der Waals surface area contributed by atoms with Crippen molar-refractivity contribution in [1.82, 2.24) is 0 Å². The molecule has 1 saturated heterocycles. The van der Waals surface area contributed by atoms with Crippen LogP contribution < -0.4 is 10.6 Å². The number of nitrogens with zero attached hydrogens (tertiary/aromatic N) is 1. The lowest BCUT2D eigenvalue weighted by Gasteiger charge is -2.20. The quantitative estimate of drug-likeness (QED) is 0.613. The molecule has 0 aromatic heterocycles. The van der Waals surface area contributed by atoms with Crippen molar-refractivity contribution in [3.63, 3.8) is 0 Å². The zero-order valence-electron chi connectivity index (χ0n) is 9.63. The van der Waals surface area contributed by atoms with E-state index in [1.54, 1.807) is 4.90 Å². The zero-order chi connectivity index (χ0) is 12.6. The third-order valence-corrected chi connectivity index (χ3v) is 3.07. The van der Waals surface area contributed by atoms with E-state index in [0.717, 1.165) is 18.6 Å². The van der Waals surface area contributed by atoms with Crippen LogP contribution >= 0.6 is 0 Å². The summed E-state index contributed by atoms with van der Waals surface area (Å²) in [6.45, 7) is 3.38. The van der Waals surface area contributed by atoms with E-state index in [1.807, 2.05) is 0 Å². The Bertz CT molecular complexity index is 436. The van der Waals surface area contributed by atoms with Crippen LogP contribution in [0.2, 0.25) is 0 Å². The monoisotopic (exact) mass is 239 g/mol. The second-order valence-corrected chi connectivity index (χ2v) is 4.54. The molecule has 1 heterocycles. The number of rotatable bonds is 2. The lowest BCUT2D eigenvalue weighted by molar-refractivity contribution is 0.575. The van der Waals surface area contributed by atoms with Crippen LogP contribution in [0.3, 0.4) is 0 Å². The summed E-state index contributed by atoms with van der Waals surface area (Å²) in [5, 5.41) is 7.17. The Morgan fingerprint density at radius 3 is 2.41 bits per heavy atom. The van der Waals surface area contributed by atoms with Gasteiger partial charge in [-0.25, -0.2) is 8.78 Å². The molecular weight excluding hydrogens is 224 g/mol. The van der Waals surface area contributed by atoms with Crippen LogP contribution in [0.15, 0.2) is 12.1 Å². The summed E-state index contributed by atoms with van der Waals surface area (Å²) in [4.78, 5) is 1.71.